The molecule has 0 atom stereocenters. The number of amidine groups is 1. The largest absolute Gasteiger partial charge is 0.384 e. The van der Waals surface area contributed by atoms with Crippen molar-refractivity contribution in [2.75, 3.05) is 0 Å². The number of hydrogen-bond acceptors (Lipinski definition) is 1. The summed E-state index contributed by atoms with van der Waals surface area (Å²) < 4.78 is 12.8. The summed E-state index contributed by atoms with van der Waals surface area (Å²) in [7, 11) is 0. The highest BCUT2D eigenvalue weighted by Gasteiger charge is 2.08. The minimum Gasteiger partial charge on any atom is -0.384 e. The molecule has 0 aliphatic carbocycles. The zero-order valence-corrected chi connectivity index (χ0v) is 6.32. The number of halogens is 2. The van der Waals surface area contributed by atoms with E-state index in [2.05, 4.69) is 0 Å². The number of nitrogen functional groups attached to an aromatic ring is 1. The summed E-state index contributed by atoms with van der Waals surface area (Å²) in [6, 6.07) is 4.16. The Hall–Kier alpha value is -1.09. The van der Waals surface area contributed by atoms with Gasteiger partial charge in [-0.05, 0) is 12.1 Å². The van der Waals surface area contributed by atoms with E-state index in [1.54, 1.807) is 0 Å². The minimum absolute atomic E-state index is 0.0332. The quantitative estimate of drug-likeness (QED) is 0.492. The van der Waals surface area contributed by atoms with Gasteiger partial charge in [-0.25, -0.2) is 4.39 Å². The predicted molar refractivity (Wildman–Crippen MR) is 42.4 cm³/mol. The topological polar surface area (TPSA) is 49.9 Å². The van der Waals surface area contributed by atoms with Crippen LogP contribution in [0.25, 0.3) is 0 Å². The molecular weight excluding hydrogens is 167 g/mol. The Morgan fingerprint density at radius 1 is 1.55 bits per heavy atom. The van der Waals surface area contributed by atoms with E-state index in [1.807, 2.05) is 0 Å². The van der Waals surface area contributed by atoms with Crippen LogP contribution >= 0.6 is 11.6 Å². The zero-order valence-electron chi connectivity index (χ0n) is 5.57. The first-order chi connectivity index (χ1) is 5.13. The van der Waals surface area contributed by atoms with Crippen LogP contribution in [0.5, 0.6) is 0 Å². The van der Waals surface area contributed by atoms with Crippen molar-refractivity contribution >= 4 is 17.4 Å². The maximum absolute atomic E-state index is 12.8. The standard InChI is InChI=1S/C7H6ClFN2/c8-4-2-1-3-5(9)6(4)7(10)11/h1-3H,(H3,10,11). The fraction of sp³-hybridized carbons (Fsp3) is 0. The second kappa shape index (κ2) is 2.88. The molecule has 0 unspecified atom stereocenters. The average Bonchev–Trinajstić information content (AvgIpc) is 1.85. The van der Waals surface area contributed by atoms with Gasteiger partial charge >= 0.3 is 0 Å². The molecular formula is C7H6ClFN2. The van der Waals surface area contributed by atoms with E-state index in [-0.39, 0.29) is 16.4 Å². The molecule has 0 aliphatic heterocycles. The summed E-state index contributed by atoms with van der Waals surface area (Å²) in [5.41, 5.74) is 5.04. The smallest absolute Gasteiger partial charge is 0.135 e. The van der Waals surface area contributed by atoms with Gasteiger partial charge in [0.05, 0.1) is 10.6 Å². The minimum atomic E-state index is -0.565. The van der Waals surface area contributed by atoms with E-state index >= 15 is 0 Å². The fourth-order valence-corrected chi connectivity index (χ4v) is 1.02. The lowest BCUT2D eigenvalue weighted by Crippen LogP contribution is -2.13. The summed E-state index contributed by atoms with van der Waals surface area (Å²) in [6.07, 6.45) is 0. The Balaban J connectivity index is 3.32. The number of benzene rings is 1. The van der Waals surface area contributed by atoms with Gasteiger partial charge in [-0.15, -0.1) is 0 Å². The fourth-order valence-electron chi connectivity index (χ4n) is 0.755. The Bertz CT molecular complexity index is 278. The third-order valence-electron chi connectivity index (χ3n) is 1.23. The van der Waals surface area contributed by atoms with Crippen LogP contribution in [0.3, 0.4) is 0 Å². The van der Waals surface area contributed by atoms with Gasteiger partial charge in [-0.1, -0.05) is 17.7 Å². The van der Waals surface area contributed by atoms with Gasteiger partial charge in [0.25, 0.3) is 0 Å². The predicted octanol–water partition coefficient (Wildman–Crippen LogP) is 1.76. The lowest BCUT2D eigenvalue weighted by atomic mass is 10.2. The highest BCUT2D eigenvalue weighted by Crippen LogP contribution is 2.17. The van der Waals surface area contributed by atoms with E-state index in [4.69, 9.17) is 22.7 Å². The van der Waals surface area contributed by atoms with Crippen LogP contribution in [0, 0.1) is 11.2 Å². The third-order valence-corrected chi connectivity index (χ3v) is 1.55. The normalized spacial score (nSPS) is 9.64. The summed E-state index contributed by atoms with van der Waals surface area (Å²) >= 11 is 5.56. The van der Waals surface area contributed by atoms with Crippen molar-refractivity contribution in [3.8, 4) is 0 Å². The lowest BCUT2D eigenvalue weighted by molar-refractivity contribution is 0.625. The molecule has 2 nitrogen and oxygen atoms in total. The first-order valence-electron chi connectivity index (χ1n) is 2.91. The monoisotopic (exact) mass is 172 g/mol. The molecule has 0 saturated carbocycles. The summed E-state index contributed by atoms with van der Waals surface area (Å²) in [4.78, 5) is 0. The Labute approximate surface area is 68.3 Å². The number of nitrogens with one attached hydrogen (secondary N) is 1. The molecule has 0 spiro atoms. The number of nitrogens with two attached hydrogens (primary N) is 1. The number of rotatable bonds is 1. The Morgan fingerprint density at radius 3 is 2.55 bits per heavy atom. The van der Waals surface area contributed by atoms with Gasteiger partial charge in [0.15, 0.2) is 0 Å². The summed E-state index contributed by atoms with van der Waals surface area (Å²) in [5, 5.41) is 7.13. The molecule has 0 bridgehead atoms. The van der Waals surface area contributed by atoms with Crippen molar-refractivity contribution in [1.29, 1.82) is 5.41 Å². The van der Waals surface area contributed by atoms with Crippen LogP contribution in [-0.2, 0) is 0 Å². The van der Waals surface area contributed by atoms with Gasteiger partial charge in [0.1, 0.15) is 11.7 Å². The van der Waals surface area contributed by atoms with E-state index in [0.717, 1.165) is 0 Å². The van der Waals surface area contributed by atoms with Gasteiger partial charge in [0, 0.05) is 0 Å². The second-order valence-corrected chi connectivity index (χ2v) is 2.42. The van der Waals surface area contributed by atoms with Crippen LogP contribution in [0.15, 0.2) is 18.2 Å². The van der Waals surface area contributed by atoms with Crippen LogP contribution in [-0.4, -0.2) is 5.84 Å². The molecule has 1 aromatic rings. The SMILES string of the molecule is N=C(N)c1c(F)cccc1Cl. The lowest BCUT2D eigenvalue weighted by Gasteiger charge is -2.01. The molecule has 11 heavy (non-hydrogen) atoms. The molecule has 0 heterocycles. The van der Waals surface area contributed by atoms with Gasteiger partial charge in [-0.3, -0.25) is 5.41 Å². The zero-order chi connectivity index (χ0) is 8.43. The molecule has 0 aromatic heterocycles. The molecule has 0 amide bonds. The second-order valence-electron chi connectivity index (χ2n) is 2.01. The van der Waals surface area contributed by atoms with Crippen LogP contribution < -0.4 is 5.73 Å². The van der Waals surface area contributed by atoms with Crippen LogP contribution in [0.2, 0.25) is 5.02 Å². The van der Waals surface area contributed by atoms with Crippen LogP contribution in [0.4, 0.5) is 4.39 Å². The first kappa shape index (κ1) is 8.01. The van der Waals surface area contributed by atoms with Crippen molar-refractivity contribution in [2.24, 2.45) is 5.73 Å². The maximum atomic E-state index is 12.8. The molecule has 4 heteroatoms. The van der Waals surface area contributed by atoms with Gasteiger partial charge < -0.3 is 5.73 Å². The average molecular weight is 173 g/mol. The van der Waals surface area contributed by atoms with E-state index in [1.165, 1.54) is 18.2 Å². The molecule has 0 aliphatic rings. The highest BCUT2D eigenvalue weighted by atomic mass is 35.5. The Kier molecular flexibility index (Phi) is 2.10. The maximum Gasteiger partial charge on any atom is 0.135 e. The Morgan fingerprint density at radius 2 is 2.18 bits per heavy atom. The summed E-state index contributed by atoms with van der Waals surface area (Å²) in [5.74, 6) is -0.918. The summed E-state index contributed by atoms with van der Waals surface area (Å²) in [6.45, 7) is 0. The van der Waals surface area contributed by atoms with Crippen LogP contribution in [0.1, 0.15) is 5.56 Å². The van der Waals surface area contributed by atoms with E-state index in [0.29, 0.717) is 0 Å². The van der Waals surface area contributed by atoms with Crippen molar-refractivity contribution in [3.05, 3.63) is 34.6 Å². The molecule has 3 N–H and O–H groups in total. The first-order valence-corrected chi connectivity index (χ1v) is 3.29. The molecule has 1 rings (SSSR count). The van der Waals surface area contributed by atoms with Crippen molar-refractivity contribution in [1.82, 2.24) is 0 Å². The number of hydrogen-bond donors (Lipinski definition) is 2. The van der Waals surface area contributed by atoms with Crippen molar-refractivity contribution in [3.63, 3.8) is 0 Å². The molecule has 0 radical (unpaired) electrons. The van der Waals surface area contributed by atoms with Gasteiger partial charge in [0.2, 0.25) is 0 Å². The van der Waals surface area contributed by atoms with Crippen molar-refractivity contribution in [2.45, 2.75) is 0 Å². The molecule has 1 aromatic carbocycles. The molecule has 0 fully saturated rings. The van der Waals surface area contributed by atoms with E-state index in [9.17, 15) is 4.39 Å². The third kappa shape index (κ3) is 1.49. The van der Waals surface area contributed by atoms with Crippen molar-refractivity contribution < 1.29 is 4.39 Å². The molecule has 58 valence electrons. The van der Waals surface area contributed by atoms with Gasteiger partial charge in [-0.2, -0.15) is 0 Å². The highest BCUT2D eigenvalue weighted by molar-refractivity contribution is 6.33. The molecule has 0 saturated heterocycles. The van der Waals surface area contributed by atoms with E-state index < -0.39 is 5.82 Å².